The first kappa shape index (κ1) is 17.9. The lowest BCUT2D eigenvalue weighted by atomic mass is 10.1. The van der Waals surface area contributed by atoms with Crippen LogP contribution in [-0.4, -0.2) is 32.4 Å². The van der Waals surface area contributed by atoms with Crippen LogP contribution < -0.4 is 20.8 Å². The molecule has 2 N–H and O–H groups in total. The lowest BCUT2D eigenvalue weighted by Crippen LogP contribution is -2.31. The Morgan fingerprint density at radius 1 is 1.19 bits per heavy atom. The Bertz CT molecular complexity index is 836. The van der Waals surface area contributed by atoms with Crippen LogP contribution in [0, 0.1) is 0 Å². The van der Waals surface area contributed by atoms with Gasteiger partial charge < -0.3 is 20.1 Å². The maximum absolute atomic E-state index is 11.6. The van der Waals surface area contributed by atoms with Gasteiger partial charge in [-0.15, -0.1) is 0 Å². The Kier molecular flexibility index (Phi) is 5.53. The fourth-order valence-electron chi connectivity index (χ4n) is 3.12. The summed E-state index contributed by atoms with van der Waals surface area (Å²) in [4.78, 5) is 24.7. The van der Waals surface area contributed by atoms with E-state index in [1.807, 2.05) is 24.3 Å². The Hall–Kier alpha value is -2.86. The highest BCUT2D eigenvalue weighted by molar-refractivity contribution is 5.74. The molecule has 0 saturated carbocycles. The number of methoxy groups -OCH3 is 1. The van der Waals surface area contributed by atoms with Gasteiger partial charge in [-0.25, -0.2) is 0 Å². The van der Waals surface area contributed by atoms with Gasteiger partial charge in [-0.05, 0) is 42.0 Å². The number of hydrogen-bond acceptors (Lipinski definition) is 5. The Labute approximate surface area is 152 Å². The summed E-state index contributed by atoms with van der Waals surface area (Å²) in [5, 5.41) is 0. The third-order valence-corrected chi connectivity index (χ3v) is 4.44. The maximum atomic E-state index is 11.6. The van der Waals surface area contributed by atoms with Crippen molar-refractivity contribution in [1.82, 2.24) is 0 Å². The van der Waals surface area contributed by atoms with Crippen molar-refractivity contribution >= 4 is 11.6 Å². The molecular weight excluding hydrogens is 332 g/mol. The number of rotatable bonds is 6. The van der Waals surface area contributed by atoms with Crippen LogP contribution in [0.25, 0.3) is 11.1 Å². The van der Waals surface area contributed by atoms with E-state index in [0.29, 0.717) is 25.2 Å². The molecule has 2 aromatic carbocycles. The Morgan fingerprint density at radius 3 is 2.62 bits per heavy atom. The monoisotopic (exact) mass is 354 g/mol. The predicted molar refractivity (Wildman–Crippen MR) is 100 cm³/mol. The molecule has 1 unspecified atom stereocenters. The number of carbonyl (C=O) groups is 1. The normalized spacial score (nSPS) is 16.5. The third-order valence-electron chi connectivity index (χ3n) is 4.44. The van der Waals surface area contributed by atoms with Gasteiger partial charge in [-0.3, -0.25) is 9.59 Å². The number of amides is 1. The molecule has 0 spiro atoms. The number of carbonyl (C=O) groups excluding carboxylic acids is 1. The van der Waals surface area contributed by atoms with Gasteiger partial charge in [-0.1, -0.05) is 12.1 Å². The third kappa shape index (κ3) is 4.03. The molecule has 1 saturated heterocycles. The molecule has 3 rings (SSSR count). The molecule has 1 atom stereocenters. The average Bonchev–Trinajstić information content (AvgIpc) is 3.03. The summed E-state index contributed by atoms with van der Waals surface area (Å²) in [5.74, 6) is 0.321. The van der Waals surface area contributed by atoms with E-state index in [4.69, 9.17) is 15.2 Å². The smallest absolute Gasteiger partial charge is 0.217 e. The Balaban J connectivity index is 1.84. The summed E-state index contributed by atoms with van der Waals surface area (Å²) in [5.41, 5.74) is 7.99. The molecule has 136 valence electrons. The quantitative estimate of drug-likeness (QED) is 0.860. The lowest BCUT2D eigenvalue weighted by Gasteiger charge is -2.25. The number of hydrogen-bond donors (Lipinski definition) is 1. The van der Waals surface area contributed by atoms with Crippen molar-refractivity contribution in [2.24, 2.45) is 5.73 Å². The molecule has 0 radical (unpaired) electrons. The summed E-state index contributed by atoms with van der Waals surface area (Å²) >= 11 is 0. The first-order valence-corrected chi connectivity index (χ1v) is 8.54. The zero-order chi connectivity index (χ0) is 18.5. The van der Waals surface area contributed by atoms with Gasteiger partial charge in [0, 0.05) is 30.6 Å². The molecule has 26 heavy (non-hydrogen) atoms. The summed E-state index contributed by atoms with van der Waals surface area (Å²) in [6.07, 6.45) is 0.737. The van der Waals surface area contributed by atoms with Crippen LogP contribution in [0.2, 0.25) is 0 Å². The fourth-order valence-corrected chi connectivity index (χ4v) is 3.12. The van der Waals surface area contributed by atoms with Crippen molar-refractivity contribution in [3.05, 3.63) is 58.8 Å². The minimum Gasteiger partial charge on any atom is -0.496 e. The minimum absolute atomic E-state index is 0.0716. The first-order chi connectivity index (χ1) is 12.6. The summed E-state index contributed by atoms with van der Waals surface area (Å²) in [6.45, 7) is 1.39. The van der Waals surface area contributed by atoms with E-state index in [2.05, 4.69) is 4.90 Å². The number of primary amides is 1. The molecule has 2 aromatic rings. The first-order valence-electron chi connectivity index (χ1n) is 8.54. The molecule has 0 bridgehead atoms. The van der Waals surface area contributed by atoms with Crippen LogP contribution in [0.1, 0.15) is 12.8 Å². The van der Waals surface area contributed by atoms with Crippen LogP contribution in [0.15, 0.2) is 53.3 Å². The second-order valence-electron chi connectivity index (χ2n) is 6.12. The number of nitrogens with two attached hydrogens (primary N) is 1. The summed E-state index contributed by atoms with van der Waals surface area (Å²) in [6, 6.07) is 14.5. The zero-order valence-corrected chi connectivity index (χ0v) is 14.7. The van der Waals surface area contributed by atoms with Crippen molar-refractivity contribution < 1.29 is 14.3 Å². The van der Waals surface area contributed by atoms with E-state index >= 15 is 0 Å². The van der Waals surface area contributed by atoms with Gasteiger partial charge in [0.1, 0.15) is 12.0 Å². The van der Waals surface area contributed by atoms with Crippen molar-refractivity contribution in [3.63, 3.8) is 0 Å². The molecule has 1 fully saturated rings. The topological polar surface area (TPSA) is 81.9 Å². The van der Waals surface area contributed by atoms with Crippen LogP contribution in [0.4, 0.5) is 5.69 Å². The zero-order valence-electron chi connectivity index (χ0n) is 14.7. The van der Waals surface area contributed by atoms with E-state index in [0.717, 1.165) is 23.4 Å². The summed E-state index contributed by atoms with van der Waals surface area (Å²) < 4.78 is 11.1. The van der Waals surface area contributed by atoms with Crippen LogP contribution >= 0.6 is 0 Å². The van der Waals surface area contributed by atoms with Crippen molar-refractivity contribution in [2.75, 3.05) is 25.2 Å². The SMILES string of the molecule is COc1ccc(=O)ccc1-c1ccc(N2CCOC2CCC(N)=O)cc1. The van der Waals surface area contributed by atoms with Crippen LogP contribution in [0.3, 0.4) is 0 Å². The van der Waals surface area contributed by atoms with Crippen LogP contribution in [-0.2, 0) is 9.53 Å². The van der Waals surface area contributed by atoms with E-state index in [1.54, 1.807) is 19.2 Å². The lowest BCUT2D eigenvalue weighted by molar-refractivity contribution is -0.118. The number of benzene rings is 1. The maximum Gasteiger partial charge on any atom is 0.217 e. The summed E-state index contributed by atoms with van der Waals surface area (Å²) in [7, 11) is 1.59. The van der Waals surface area contributed by atoms with Crippen molar-refractivity contribution in [3.8, 4) is 16.9 Å². The highest BCUT2D eigenvalue weighted by Crippen LogP contribution is 2.31. The molecule has 1 aliphatic rings. The van der Waals surface area contributed by atoms with Crippen LogP contribution in [0.5, 0.6) is 5.75 Å². The van der Waals surface area contributed by atoms with E-state index in [9.17, 15) is 9.59 Å². The number of anilines is 1. The predicted octanol–water partition coefficient (Wildman–Crippen LogP) is 2.15. The van der Waals surface area contributed by atoms with Crippen molar-refractivity contribution in [1.29, 1.82) is 0 Å². The van der Waals surface area contributed by atoms with E-state index < -0.39 is 0 Å². The number of ether oxygens (including phenoxy) is 2. The minimum atomic E-state index is -0.322. The van der Waals surface area contributed by atoms with Crippen molar-refractivity contribution in [2.45, 2.75) is 19.1 Å². The van der Waals surface area contributed by atoms with Gasteiger partial charge in [0.15, 0.2) is 5.43 Å². The largest absolute Gasteiger partial charge is 0.496 e. The molecule has 1 aliphatic heterocycles. The van der Waals surface area contributed by atoms with Gasteiger partial charge in [0.25, 0.3) is 0 Å². The average molecular weight is 354 g/mol. The second-order valence-corrected chi connectivity index (χ2v) is 6.12. The van der Waals surface area contributed by atoms with Gasteiger partial charge in [0.2, 0.25) is 5.91 Å². The molecule has 1 heterocycles. The standard InChI is InChI=1S/C20H22N2O4/c1-25-18-9-7-16(23)6-8-17(18)14-2-4-15(5-3-14)22-12-13-26-20(22)11-10-19(21)24/h2-9,20H,10-13H2,1H3,(H2,21,24). The van der Waals surface area contributed by atoms with Gasteiger partial charge >= 0.3 is 0 Å². The van der Waals surface area contributed by atoms with E-state index in [1.165, 1.54) is 12.1 Å². The molecule has 6 heteroatoms. The van der Waals surface area contributed by atoms with Gasteiger partial charge in [0.05, 0.1) is 13.7 Å². The highest BCUT2D eigenvalue weighted by Gasteiger charge is 2.25. The molecule has 6 nitrogen and oxygen atoms in total. The number of nitrogens with zero attached hydrogens (tertiary/aromatic N) is 1. The molecular formula is C20H22N2O4. The molecule has 0 aromatic heterocycles. The second kappa shape index (κ2) is 8.01. The molecule has 1 amide bonds. The Morgan fingerprint density at radius 2 is 1.92 bits per heavy atom. The van der Waals surface area contributed by atoms with E-state index in [-0.39, 0.29) is 17.6 Å². The fraction of sp³-hybridized carbons (Fsp3) is 0.300. The van der Waals surface area contributed by atoms with Gasteiger partial charge in [-0.2, -0.15) is 0 Å². The highest BCUT2D eigenvalue weighted by atomic mass is 16.5. The molecule has 0 aliphatic carbocycles.